The smallest absolute Gasteiger partial charge is 0.294 e. The molecule has 16 heavy (non-hydrogen) atoms. The van der Waals surface area contributed by atoms with E-state index in [1.54, 1.807) is 12.1 Å². The zero-order valence-corrected chi connectivity index (χ0v) is 10.1. The molecule has 0 bridgehead atoms. The first-order chi connectivity index (χ1) is 7.66. The van der Waals surface area contributed by atoms with Crippen molar-refractivity contribution in [3.05, 3.63) is 38.3 Å². The van der Waals surface area contributed by atoms with Gasteiger partial charge >= 0.3 is 0 Å². The topological polar surface area (TPSA) is 58.9 Å². The minimum absolute atomic E-state index is 0.209. The van der Waals surface area contributed by atoms with E-state index in [1.165, 1.54) is 6.33 Å². The van der Waals surface area contributed by atoms with Gasteiger partial charge in [-0.05, 0) is 28.1 Å². The molecule has 0 radical (unpaired) electrons. The van der Waals surface area contributed by atoms with Crippen LogP contribution >= 0.6 is 27.5 Å². The monoisotopic (exact) mass is 298 g/mol. The van der Waals surface area contributed by atoms with Crippen molar-refractivity contribution in [2.45, 2.75) is 0 Å². The molecule has 0 spiro atoms. The minimum Gasteiger partial charge on any atom is -0.447 e. The van der Waals surface area contributed by atoms with Crippen LogP contribution in [-0.4, -0.2) is 9.97 Å². The second kappa shape index (κ2) is 3.33. The summed E-state index contributed by atoms with van der Waals surface area (Å²) in [6, 6.07) is 3.43. The molecule has 3 rings (SSSR count). The summed E-state index contributed by atoms with van der Waals surface area (Å²) in [6.07, 6.45) is 1.34. The van der Waals surface area contributed by atoms with E-state index in [2.05, 4.69) is 25.9 Å². The van der Waals surface area contributed by atoms with Gasteiger partial charge in [-0.3, -0.25) is 4.79 Å². The van der Waals surface area contributed by atoms with E-state index in [0.29, 0.717) is 20.6 Å². The molecule has 1 aromatic carbocycles. The largest absolute Gasteiger partial charge is 0.447 e. The van der Waals surface area contributed by atoms with E-state index in [9.17, 15) is 4.79 Å². The number of hydrogen-bond acceptors (Lipinski definition) is 3. The summed E-state index contributed by atoms with van der Waals surface area (Å²) in [7, 11) is 0. The lowest BCUT2D eigenvalue weighted by molar-refractivity contribution is 0.659. The molecule has 0 aliphatic heterocycles. The SMILES string of the molecule is O=c1[nH]cnc2c1oc1c(Br)cc(Cl)cc12. The number of rotatable bonds is 0. The first kappa shape index (κ1) is 9.86. The zero-order valence-electron chi connectivity index (χ0n) is 7.75. The van der Waals surface area contributed by atoms with Crippen LogP contribution in [0.25, 0.3) is 22.1 Å². The van der Waals surface area contributed by atoms with Crippen LogP contribution in [0.1, 0.15) is 0 Å². The molecule has 80 valence electrons. The number of nitrogens with zero attached hydrogens (tertiary/aromatic N) is 1. The summed E-state index contributed by atoms with van der Waals surface area (Å²) in [6.45, 7) is 0. The third kappa shape index (κ3) is 1.28. The maximum Gasteiger partial charge on any atom is 0.294 e. The number of halogens is 2. The molecule has 0 saturated carbocycles. The number of furan rings is 1. The molecule has 2 aromatic heterocycles. The molecular weight excluding hydrogens is 295 g/mol. The second-order valence-corrected chi connectivity index (χ2v) is 4.57. The number of hydrogen-bond donors (Lipinski definition) is 1. The molecule has 4 nitrogen and oxygen atoms in total. The van der Waals surface area contributed by atoms with Gasteiger partial charge in [0.25, 0.3) is 5.56 Å². The van der Waals surface area contributed by atoms with Crippen molar-refractivity contribution in [1.29, 1.82) is 0 Å². The van der Waals surface area contributed by atoms with E-state index >= 15 is 0 Å². The summed E-state index contributed by atoms with van der Waals surface area (Å²) in [5, 5.41) is 1.28. The Balaban J connectivity index is 2.66. The normalized spacial score (nSPS) is 11.4. The number of nitrogens with one attached hydrogen (secondary N) is 1. The van der Waals surface area contributed by atoms with Crippen molar-refractivity contribution in [2.24, 2.45) is 0 Å². The summed E-state index contributed by atoms with van der Waals surface area (Å²) in [5.74, 6) is 0. The van der Waals surface area contributed by atoms with Gasteiger partial charge in [0.05, 0.1) is 10.8 Å². The van der Waals surface area contributed by atoms with Crippen molar-refractivity contribution >= 4 is 49.6 Å². The molecule has 0 fully saturated rings. The highest BCUT2D eigenvalue weighted by Gasteiger charge is 2.13. The average molecular weight is 300 g/mol. The van der Waals surface area contributed by atoms with Crippen LogP contribution in [0.4, 0.5) is 0 Å². The number of fused-ring (bicyclic) bond motifs is 3. The molecule has 0 aliphatic rings. The van der Waals surface area contributed by atoms with Gasteiger partial charge in [0, 0.05) is 10.4 Å². The molecule has 1 N–H and O–H groups in total. The van der Waals surface area contributed by atoms with Gasteiger partial charge in [-0.2, -0.15) is 0 Å². The number of benzene rings is 1. The van der Waals surface area contributed by atoms with Gasteiger partial charge in [0.1, 0.15) is 5.52 Å². The Bertz CT molecular complexity index is 762. The molecule has 0 saturated heterocycles. The molecule has 0 amide bonds. The Morgan fingerprint density at radius 1 is 1.38 bits per heavy atom. The van der Waals surface area contributed by atoms with Crippen LogP contribution in [0.3, 0.4) is 0 Å². The summed E-state index contributed by atoms with van der Waals surface area (Å²) in [5.41, 5.74) is 0.996. The van der Waals surface area contributed by atoms with Crippen LogP contribution in [0.15, 0.2) is 32.1 Å². The third-order valence-electron chi connectivity index (χ3n) is 2.28. The molecule has 0 aliphatic carbocycles. The molecule has 0 unspecified atom stereocenters. The van der Waals surface area contributed by atoms with E-state index in [0.717, 1.165) is 5.39 Å². The van der Waals surface area contributed by atoms with Crippen molar-refractivity contribution < 1.29 is 4.42 Å². The van der Waals surface area contributed by atoms with E-state index < -0.39 is 0 Å². The number of H-pyrrole nitrogens is 1. The van der Waals surface area contributed by atoms with Crippen molar-refractivity contribution in [1.82, 2.24) is 9.97 Å². The Labute approximate surface area is 102 Å². The first-order valence-corrected chi connectivity index (χ1v) is 5.59. The van der Waals surface area contributed by atoms with Crippen LogP contribution in [-0.2, 0) is 0 Å². The Morgan fingerprint density at radius 2 is 2.19 bits per heavy atom. The molecule has 6 heteroatoms. The van der Waals surface area contributed by atoms with Gasteiger partial charge in [-0.25, -0.2) is 4.98 Å². The maximum absolute atomic E-state index is 11.5. The van der Waals surface area contributed by atoms with Gasteiger partial charge in [-0.1, -0.05) is 11.6 Å². The quantitative estimate of drug-likeness (QED) is 0.694. The van der Waals surface area contributed by atoms with Crippen molar-refractivity contribution in [3.63, 3.8) is 0 Å². The van der Waals surface area contributed by atoms with E-state index in [4.69, 9.17) is 16.0 Å². The van der Waals surface area contributed by atoms with Gasteiger partial charge in [0.2, 0.25) is 5.58 Å². The predicted octanol–water partition coefficient (Wildman–Crippen LogP) is 3.09. The summed E-state index contributed by atoms with van der Waals surface area (Å²) < 4.78 is 6.16. The summed E-state index contributed by atoms with van der Waals surface area (Å²) >= 11 is 9.27. The summed E-state index contributed by atoms with van der Waals surface area (Å²) in [4.78, 5) is 18.1. The fourth-order valence-electron chi connectivity index (χ4n) is 1.62. The molecule has 0 atom stereocenters. The third-order valence-corrected chi connectivity index (χ3v) is 3.09. The van der Waals surface area contributed by atoms with Crippen LogP contribution in [0, 0.1) is 0 Å². The van der Waals surface area contributed by atoms with E-state index in [-0.39, 0.29) is 11.1 Å². The molecule has 3 aromatic rings. The highest BCUT2D eigenvalue weighted by molar-refractivity contribution is 9.10. The Morgan fingerprint density at radius 3 is 3.00 bits per heavy atom. The predicted molar refractivity (Wildman–Crippen MR) is 64.8 cm³/mol. The van der Waals surface area contributed by atoms with E-state index in [1.807, 2.05) is 0 Å². The minimum atomic E-state index is -0.302. The van der Waals surface area contributed by atoms with Crippen molar-refractivity contribution in [2.75, 3.05) is 0 Å². The van der Waals surface area contributed by atoms with Gasteiger partial charge in [-0.15, -0.1) is 0 Å². The number of aromatic amines is 1. The fraction of sp³-hybridized carbons (Fsp3) is 0. The lowest BCUT2D eigenvalue weighted by atomic mass is 10.2. The van der Waals surface area contributed by atoms with Gasteiger partial charge < -0.3 is 9.40 Å². The second-order valence-electron chi connectivity index (χ2n) is 3.28. The van der Waals surface area contributed by atoms with Crippen LogP contribution in [0.2, 0.25) is 5.02 Å². The lowest BCUT2D eigenvalue weighted by Crippen LogP contribution is -2.03. The fourth-order valence-corrected chi connectivity index (χ4v) is 2.51. The zero-order chi connectivity index (χ0) is 11.3. The van der Waals surface area contributed by atoms with Crippen molar-refractivity contribution in [3.8, 4) is 0 Å². The van der Waals surface area contributed by atoms with Gasteiger partial charge in [0.15, 0.2) is 5.58 Å². The highest BCUT2D eigenvalue weighted by Crippen LogP contribution is 2.33. The first-order valence-electron chi connectivity index (χ1n) is 4.42. The highest BCUT2D eigenvalue weighted by atomic mass is 79.9. The number of aromatic nitrogens is 2. The van der Waals surface area contributed by atoms with Crippen LogP contribution < -0.4 is 5.56 Å². The Kier molecular flexibility index (Phi) is 2.05. The average Bonchev–Trinajstić information content (AvgIpc) is 2.59. The Hall–Kier alpha value is -1.33. The standard InChI is InChI=1S/C10H4BrClN2O2/c11-6-2-4(12)1-5-7-9(16-8(5)6)10(15)14-3-13-7/h1-3H,(H,13,14,15). The lowest BCUT2D eigenvalue weighted by Gasteiger charge is -1.93. The van der Waals surface area contributed by atoms with Crippen LogP contribution in [0.5, 0.6) is 0 Å². The molecule has 2 heterocycles. The molecular formula is C10H4BrClN2O2. The maximum atomic E-state index is 11.5.